The Bertz CT molecular complexity index is 1480. The van der Waals surface area contributed by atoms with Gasteiger partial charge in [-0.05, 0) is 64.3 Å². The van der Waals surface area contributed by atoms with Crippen LogP contribution in [0.25, 0.3) is 0 Å². The molecule has 0 fully saturated rings. The fraction of sp³-hybridized carbons (Fsp3) is 0.500. The molecule has 0 amide bonds. The average Bonchev–Trinajstić information content (AvgIpc) is 3.08. The van der Waals surface area contributed by atoms with E-state index in [0.717, 1.165) is 46.4 Å². The summed E-state index contributed by atoms with van der Waals surface area (Å²) < 4.78 is 61.3. The van der Waals surface area contributed by atoms with Crippen molar-refractivity contribution < 1.29 is 26.3 Å². The SMILES string of the molecule is COc1cc2c(c3c1OC(C)(C)C3)C(c1cccc(N(CCCS(N)(=O)=O)S(C)(=O)=O)c1)=NC(C)(C)C2. The Morgan fingerprint density at radius 3 is 2.43 bits per heavy atom. The van der Waals surface area contributed by atoms with Crippen molar-refractivity contribution in [1.29, 1.82) is 0 Å². The minimum atomic E-state index is -3.70. The second-order valence-electron chi connectivity index (χ2n) is 11.0. The van der Waals surface area contributed by atoms with Gasteiger partial charge in [0.15, 0.2) is 11.5 Å². The molecule has 2 aliphatic rings. The van der Waals surface area contributed by atoms with Gasteiger partial charge in [-0.3, -0.25) is 9.30 Å². The molecule has 11 heteroatoms. The van der Waals surface area contributed by atoms with Gasteiger partial charge in [-0.1, -0.05) is 12.1 Å². The monoisotopic (exact) mass is 549 g/mol. The lowest BCUT2D eigenvalue weighted by atomic mass is 9.81. The zero-order valence-electron chi connectivity index (χ0n) is 22.2. The number of ether oxygens (including phenoxy) is 2. The van der Waals surface area contributed by atoms with Crippen molar-refractivity contribution in [3.8, 4) is 11.5 Å². The predicted molar refractivity (Wildman–Crippen MR) is 146 cm³/mol. The van der Waals surface area contributed by atoms with Crippen LogP contribution < -0.4 is 18.9 Å². The van der Waals surface area contributed by atoms with Gasteiger partial charge in [0.1, 0.15) is 5.60 Å². The van der Waals surface area contributed by atoms with Crippen molar-refractivity contribution in [2.75, 3.05) is 30.0 Å². The molecule has 2 heterocycles. The quantitative estimate of drug-likeness (QED) is 0.539. The summed E-state index contributed by atoms with van der Waals surface area (Å²) in [7, 11) is -5.74. The minimum absolute atomic E-state index is 0.0120. The van der Waals surface area contributed by atoms with Crippen molar-refractivity contribution in [3.63, 3.8) is 0 Å². The number of methoxy groups -OCH3 is 1. The van der Waals surface area contributed by atoms with Gasteiger partial charge in [-0.25, -0.2) is 22.0 Å². The number of aliphatic imine (C=N–C) groups is 1. The number of rotatable bonds is 8. The smallest absolute Gasteiger partial charge is 0.232 e. The second kappa shape index (κ2) is 9.28. The lowest BCUT2D eigenvalue weighted by Gasteiger charge is -2.31. The summed E-state index contributed by atoms with van der Waals surface area (Å²) in [5.41, 5.74) is 4.31. The Morgan fingerprint density at radius 2 is 1.81 bits per heavy atom. The third kappa shape index (κ3) is 5.94. The first-order chi connectivity index (χ1) is 17.0. The molecule has 0 aromatic heterocycles. The summed E-state index contributed by atoms with van der Waals surface area (Å²) in [4.78, 5) is 5.12. The first-order valence-electron chi connectivity index (χ1n) is 12.1. The number of sulfonamides is 2. The zero-order valence-corrected chi connectivity index (χ0v) is 23.8. The number of hydrogen-bond donors (Lipinski definition) is 1. The molecule has 202 valence electrons. The van der Waals surface area contributed by atoms with Crippen LogP contribution in [0.2, 0.25) is 0 Å². The largest absolute Gasteiger partial charge is 0.493 e. The van der Waals surface area contributed by atoms with Gasteiger partial charge in [-0.15, -0.1) is 0 Å². The molecule has 0 bridgehead atoms. The van der Waals surface area contributed by atoms with Crippen LogP contribution in [0.3, 0.4) is 0 Å². The van der Waals surface area contributed by atoms with Crippen LogP contribution >= 0.6 is 0 Å². The fourth-order valence-corrected chi connectivity index (χ4v) is 6.62. The number of nitrogens with zero attached hydrogens (tertiary/aromatic N) is 2. The number of fused-ring (bicyclic) bond motifs is 3. The molecule has 0 spiro atoms. The van der Waals surface area contributed by atoms with Gasteiger partial charge in [0.25, 0.3) is 0 Å². The predicted octanol–water partition coefficient (Wildman–Crippen LogP) is 3.03. The van der Waals surface area contributed by atoms with E-state index < -0.39 is 31.2 Å². The van der Waals surface area contributed by atoms with Gasteiger partial charge < -0.3 is 9.47 Å². The van der Waals surface area contributed by atoms with Crippen LogP contribution in [0.15, 0.2) is 35.3 Å². The Labute approximate surface area is 219 Å². The summed E-state index contributed by atoms with van der Waals surface area (Å²) >= 11 is 0. The van der Waals surface area contributed by atoms with Crippen LogP contribution in [0, 0.1) is 0 Å². The van der Waals surface area contributed by atoms with Gasteiger partial charge in [0.2, 0.25) is 20.0 Å². The van der Waals surface area contributed by atoms with Crippen LogP contribution in [0.4, 0.5) is 5.69 Å². The van der Waals surface area contributed by atoms with Crippen molar-refractivity contribution in [2.24, 2.45) is 10.1 Å². The number of benzene rings is 2. The standard InChI is InChI=1S/C26H35N3O6S2/c1-25(2)15-18-14-21(34-5)24-20(16-26(3,4)35-24)22(18)23(28-25)17-9-7-10-19(13-17)29(36(6,30)31)11-8-12-37(27,32)33/h7,9-10,13-14H,8,11-12,15-16H2,1-6H3,(H2,27,32,33). The molecule has 0 saturated carbocycles. The fourth-order valence-electron chi connectivity index (χ4n) is 5.13. The molecule has 2 N–H and O–H groups in total. The third-order valence-electron chi connectivity index (χ3n) is 6.50. The van der Waals surface area contributed by atoms with E-state index in [4.69, 9.17) is 19.6 Å². The molecule has 2 aromatic carbocycles. The normalized spacial score (nSPS) is 17.9. The highest BCUT2D eigenvalue weighted by Gasteiger charge is 2.39. The Hall–Kier alpha value is -2.63. The van der Waals surface area contributed by atoms with E-state index in [1.165, 1.54) is 4.31 Å². The minimum Gasteiger partial charge on any atom is -0.493 e. The highest BCUT2D eigenvalue weighted by molar-refractivity contribution is 7.92. The summed E-state index contributed by atoms with van der Waals surface area (Å²) in [6.07, 6.45) is 2.58. The van der Waals surface area contributed by atoms with Crippen molar-refractivity contribution in [3.05, 3.63) is 52.6 Å². The third-order valence-corrected chi connectivity index (χ3v) is 8.55. The summed E-state index contributed by atoms with van der Waals surface area (Å²) in [6.45, 7) is 8.19. The molecule has 0 radical (unpaired) electrons. The van der Waals surface area contributed by atoms with E-state index in [-0.39, 0.29) is 18.7 Å². The van der Waals surface area contributed by atoms with Gasteiger partial charge >= 0.3 is 0 Å². The molecule has 0 aliphatic carbocycles. The van der Waals surface area contributed by atoms with Crippen molar-refractivity contribution >= 4 is 31.4 Å². The number of hydrogen-bond acceptors (Lipinski definition) is 7. The van der Waals surface area contributed by atoms with E-state index >= 15 is 0 Å². The number of anilines is 1. The maximum Gasteiger partial charge on any atom is 0.232 e. The van der Waals surface area contributed by atoms with Crippen molar-refractivity contribution in [2.45, 2.75) is 58.1 Å². The molecule has 2 aliphatic heterocycles. The summed E-state index contributed by atoms with van der Waals surface area (Å²) in [5, 5.41) is 5.12. The molecule has 9 nitrogen and oxygen atoms in total. The maximum absolute atomic E-state index is 12.7. The van der Waals surface area contributed by atoms with E-state index in [2.05, 4.69) is 13.8 Å². The second-order valence-corrected chi connectivity index (χ2v) is 14.7. The van der Waals surface area contributed by atoms with E-state index in [1.807, 2.05) is 26.0 Å². The van der Waals surface area contributed by atoms with Crippen molar-refractivity contribution in [1.82, 2.24) is 0 Å². The first-order valence-corrected chi connectivity index (χ1v) is 15.7. The molecule has 37 heavy (non-hydrogen) atoms. The van der Waals surface area contributed by atoms with Gasteiger partial charge in [-0.2, -0.15) is 0 Å². The Kier molecular flexibility index (Phi) is 6.88. The molecular formula is C26H35N3O6S2. The highest BCUT2D eigenvalue weighted by Crippen LogP contribution is 2.48. The number of primary sulfonamides is 1. The van der Waals surface area contributed by atoms with E-state index in [9.17, 15) is 16.8 Å². The average molecular weight is 550 g/mol. The maximum atomic E-state index is 12.7. The summed E-state index contributed by atoms with van der Waals surface area (Å²) in [6, 6.07) is 9.21. The highest BCUT2D eigenvalue weighted by atomic mass is 32.2. The first kappa shape index (κ1) is 27.4. The topological polar surface area (TPSA) is 128 Å². The molecule has 4 rings (SSSR count). The summed E-state index contributed by atoms with van der Waals surface area (Å²) in [5.74, 6) is 1.11. The number of nitrogens with two attached hydrogens (primary N) is 1. The molecule has 0 atom stereocenters. The molecular weight excluding hydrogens is 514 g/mol. The van der Waals surface area contributed by atoms with Crippen LogP contribution in [0.5, 0.6) is 11.5 Å². The van der Waals surface area contributed by atoms with Crippen LogP contribution in [-0.2, 0) is 32.9 Å². The lowest BCUT2D eigenvalue weighted by molar-refractivity contribution is 0.134. The molecule has 2 aromatic rings. The van der Waals surface area contributed by atoms with Gasteiger partial charge in [0, 0.05) is 29.7 Å². The van der Waals surface area contributed by atoms with E-state index in [0.29, 0.717) is 17.9 Å². The Morgan fingerprint density at radius 1 is 1.11 bits per heavy atom. The molecule has 0 saturated heterocycles. The van der Waals surface area contributed by atoms with Crippen LogP contribution in [-0.4, -0.2) is 59.4 Å². The molecule has 0 unspecified atom stereocenters. The Balaban J connectivity index is 1.83. The zero-order chi connectivity index (χ0) is 27.4. The van der Waals surface area contributed by atoms with E-state index in [1.54, 1.807) is 25.3 Å². The lowest BCUT2D eigenvalue weighted by Crippen LogP contribution is -2.33. The van der Waals surface area contributed by atoms with Gasteiger partial charge in [0.05, 0.1) is 36.1 Å². The van der Waals surface area contributed by atoms with Crippen LogP contribution in [0.1, 0.15) is 56.4 Å².